The van der Waals surface area contributed by atoms with E-state index in [-0.39, 0.29) is 0 Å². The van der Waals surface area contributed by atoms with Gasteiger partial charge in [0.25, 0.3) is 0 Å². The van der Waals surface area contributed by atoms with Crippen molar-refractivity contribution in [3.8, 4) is 17.2 Å². The van der Waals surface area contributed by atoms with Gasteiger partial charge in [-0.25, -0.2) is 4.68 Å². The van der Waals surface area contributed by atoms with Gasteiger partial charge >= 0.3 is 0 Å². The summed E-state index contributed by atoms with van der Waals surface area (Å²) in [5, 5.41) is 8.74. The fourth-order valence-corrected chi connectivity index (χ4v) is 4.41. The van der Waals surface area contributed by atoms with Crippen LogP contribution in [-0.4, -0.2) is 29.5 Å². The molecule has 1 aromatic heterocycles. The van der Waals surface area contributed by atoms with E-state index in [9.17, 15) is 0 Å². The fraction of sp³-hybridized carbons (Fsp3) is 0.550. The van der Waals surface area contributed by atoms with Crippen molar-refractivity contribution in [2.24, 2.45) is 0 Å². The van der Waals surface area contributed by atoms with Crippen molar-refractivity contribution in [1.82, 2.24) is 9.78 Å². The Balaban J connectivity index is 1.60. The molecule has 1 saturated carbocycles. The number of fused-ring (bicyclic) bond motifs is 2. The summed E-state index contributed by atoms with van der Waals surface area (Å²) in [6, 6.07) is 6.16. The van der Waals surface area contributed by atoms with Crippen LogP contribution in [0, 0.1) is 0 Å². The molecule has 5 heteroatoms. The lowest BCUT2D eigenvalue weighted by atomic mass is 9.97. The first-order valence-corrected chi connectivity index (χ1v) is 9.66. The number of hydrogen-bond donors (Lipinski definition) is 1. The molecule has 3 aliphatic rings. The first-order chi connectivity index (χ1) is 12.4. The second-order valence-electron chi connectivity index (χ2n) is 7.32. The Morgan fingerprint density at radius 2 is 1.84 bits per heavy atom. The Bertz CT molecular complexity index is 777. The maximum absolute atomic E-state index is 5.77. The molecule has 1 N–H and O–H groups in total. The van der Waals surface area contributed by atoms with E-state index in [1.54, 1.807) is 0 Å². The summed E-state index contributed by atoms with van der Waals surface area (Å²) in [6.07, 6.45) is 8.84. The van der Waals surface area contributed by atoms with E-state index in [1.165, 1.54) is 55.6 Å². The second-order valence-corrected chi connectivity index (χ2v) is 7.32. The Hall–Kier alpha value is -2.17. The molecule has 5 nitrogen and oxygen atoms in total. The van der Waals surface area contributed by atoms with Crippen molar-refractivity contribution < 1.29 is 9.47 Å². The SMILES string of the molecule is c1cc2c(cc1-n1nc(C3CCCC3)c3c1NCCCC3)OCCO2. The van der Waals surface area contributed by atoms with Crippen molar-refractivity contribution in [1.29, 1.82) is 0 Å². The van der Waals surface area contributed by atoms with E-state index in [1.807, 2.05) is 6.07 Å². The lowest BCUT2D eigenvalue weighted by molar-refractivity contribution is 0.171. The quantitative estimate of drug-likeness (QED) is 0.897. The summed E-state index contributed by atoms with van der Waals surface area (Å²) >= 11 is 0. The summed E-state index contributed by atoms with van der Waals surface area (Å²) in [6.45, 7) is 2.25. The van der Waals surface area contributed by atoms with Crippen LogP contribution in [-0.2, 0) is 6.42 Å². The van der Waals surface area contributed by atoms with Crippen LogP contribution in [0.4, 0.5) is 5.82 Å². The predicted octanol–water partition coefficient (Wildman–Crippen LogP) is 4.05. The Kier molecular flexibility index (Phi) is 3.80. The number of benzene rings is 1. The van der Waals surface area contributed by atoms with Gasteiger partial charge < -0.3 is 14.8 Å². The number of nitrogens with one attached hydrogen (secondary N) is 1. The highest BCUT2D eigenvalue weighted by Gasteiger charge is 2.28. The molecule has 132 valence electrons. The maximum atomic E-state index is 5.77. The molecule has 0 saturated heterocycles. The van der Waals surface area contributed by atoms with Crippen molar-refractivity contribution >= 4 is 5.82 Å². The minimum Gasteiger partial charge on any atom is -0.486 e. The summed E-state index contributed by atoms with van der Waals surface area (Å²) in [4.78, 5) is 0. The van der Waals surface area contributed by atoms with E-state index < -0.39 is 0 Å². The number of aromatic nitrogens is 2. The molecule has 2 aromatic rings. The van der Waals surface area contributed by atoms with Crippen LogP contribution in [0.2, 0.25) is 0 Å². The predicted molar refractivity (Wildman–Crippen MR) is 97.2 cm³/mol. The average Bonchev–Trinajstić information content (AvgIpc) is 3.23. The smallest absolute Gasteiger partial charge is 0.163 e. The standard InChI is InChI=1S/C20H25N3O2/c1-2-6-14(5-1)19-16-7-3-4-10-21-20(16)23(22-19)15-8-9-17-18(13-15)25-12-11-24-17/h8-9,13-14,21H,1-7,10-12H2. The maximum Gasteiger partial charge on any atom is 0.163 e. The third-order valence-electron chi connectivity index (χ3n) is 5.67. The van der Waals surface area contributed by atoms with E-state index in [0.717, 1.165) is 30.2 Å². The van der Waals surface area contributed by atoms with Crippen molar-refractivity contribution in [3.05, 3.63) is 29.5 Å². The molecular formula is C20H25N3O2. The normalized spacial score (nSPS) is 20.0. The first-order valence-electron chi connectivity index (χ1n) is 9.66. The molecule has 25 heavy (non-hydrogen) atoms. The van der Waals surface area contributed by atoms with Gasteiger partial charge in [-0.3, -0.25) is 0 Å². The highest BCUT2D eigenvalue weighted by Crippen LogP contribution is 2.40. The van der Waals surface area contributed by atoms with Crippen LogP contribution in [0.15, 0.2) is 18.2 Å². The molecule has 0 atom stereocenters. The lowest BCUT2D eigenvalue weighted by Gasteiger charge is -2.19. The highest BCUT2D eigenvalue weighted by molar-refractivity contribution is 5.58. The van der Waals surface area contributed by atoms with E-state index in [4.69, 9.17) is 14.6 Å². The zero-order valence-corrected chi connectivity index (χ0v) is 14.6. The fourth-order valence-electron chi connectivity index (χ4n) is 4.41. The third kappa shape index (κ3) is 2.66. The summed E-state index contributed by atoms with van der Waals surface area (Å²) in [5.41, 5.74) is 3.83. The Morgan fingerprint density at radius 3 is 2.72 bits per heavy atom. The molecule has 0 spiro atoms. The van der Waals surface area contributed by atoms with Crippen molar-refractivity contribution in [2.75, 3.05) is 25.1 Å². The van der Waals surface area contributed by atoms with Gasteiger partial charge in [0.1, 0.15) is 19.0 Å². The lowest BCUT2D eigenvalue weighted by Crippen LogP contribution is -2.15. The minimum absolute atomic E-state index is 0.610. The number of hydrogen-bond acceptors (Lipinski definition) is 4. The van der Waals surface area contributed by atoms with Gasteiger partial charge in [0, 0.05) is 24.1 Å². The first kappa shape index (κ1) is 15.1. The van der Waals surface area contributed by atoms with E-state index >= 15 is 0 Å². The van der Waals surface area contributed by atoms with Crippen molar-refractivity contribution in [3.63, 3.8) is 0 Å². The minimum atomic E-state index is 0.610. The third-order valence-corrected chi connectivity index (χ3v) is 5.67. The average molecular weight is 339 g/mol. The van der Waals surface area contributed by atoms with Crippen LogP contribution < -0.4 is 14.8 Å². The number of rotatable bonds is 2. The van der Waals surface area contributed by atoms with Gasteiger partial charge in [0.2, 0.25) is 0 Å². The van der Waals surface area contributed by atoms with Crippen LogP contribution in [0.1, 0.15) is 55.7 Å². The molecule has 0 bridgehead atoms. The van der Waals surface area contributed by atoms with E-state index in [0.29, 0.717) is 19.1 Å². The number of anilines is 1. The van der Waals surface area contributed by atoms with Gasteiger partial charge in [-0.2, -0.15) is 5.10 Å². The van der Waals surface area contributed by atoms with Crippen LogP contribution >= 0.6 is 0 Å². The summed E-state index contributed by atoms with van der Waals surface area (Å²) in [5.74, 6) is 3.48. The number of ether oxygens (including phenoxy) is 2. The molecule has 1 aliphatic carbocycles. The number of nitrogens with zero attached hydrogens (tertiary/aromatic N) is 2. The highest BCUT2D eigenvalue weighted by atomic mass is 16.6. The zero-order chi connectivity index (χ0) is 16.6. The molecule has 0 unspecified atom stereocenters. The van der Waals surface area contributed by atoms with Gasteiger partial charge in [0.15, 0.2) is 11.5 Å². The monoisotopic (exact) mass is 339 g/mol. The summed E-state index contributed by atoms with van der Waals surface area (Å²) < 4.78 is 13.5. The van der Waals surface area contributed by atoms with Gasteiger partial charge in [-0.05, 0) is 44.2 Å². The van der Waals surface area contributed by atoms with Gasteiger partial charge in [-0.15, -0.1) is 0 Å². The Morgan fingerprint density at radius 1 is 1.00 bits per heavy atom. The van der Waals surface area contributed by atoms with Crippen LogP contribution in [0.5, 0.6) is 11.5 Å². The van der Waals surface area contributed by atoms with Crippen LogP contribution in [0.3, 0.4) is 0 Å². The molecule has 2 aliphatic heterocycles. The van der Waals surface area contributed by atoms with Crippen molar-refractivity contribution in [2.45, 2.75) is 50.9 Å². The molecule has 0 radical (unpaired) electrons. The molecule has 1 aromatic carbocycles. The Labute approximate surface area is 148 Å². The molecule has 5 rings (SSSR count). The van der Waals surface area contributed by atoms with E-state index in [2.05, 4.69) is 22.1 Å². The molecule has 0 amide bonds. The topological polar surface area (TPSA) is 48.3 Å². The zero-order valence-electron chi connectivity index (χ0n) is 14.6. The molecular weight excluding hydrogens is 314 g/mol. The van der Waals surface area contributed by atoms with Gasteiger partial charge in [0.05, 0.1) is 11.4 Å². The molecule has 1 fully saturated rings. The second kappa shape index (κ2) is 6.28. The largest absolute Gasteiger partial charge is 0.486 e. The van der Waals surface area contributed by atoms with Gasteiger partial charge in [-0.1, -0.05) is 12.8 Å². The van der Waals surface area contributed by atoms with Crippen LogP contribution in [0.25, 0.3) is 5.69 Å². The molecule has 3 heterocycles. The summed E-state index contributed by atoms with van der Waals surface area (Å²) in [7, 11) is 0.